The minimum absolute atomic E-state index is 0.00898. The summed E-state index contributed by atoms with van der Waals surface area (Å²) in [6.07, 6.45) is 3.17. The van der Waals surface area contributed by atoms with E-state index in [-0.39, 0.29) is 17.5 Å². The molecule has 1 saturated carbocycles. The van der Waals surface area contributed by atoms with Gasteiger partial charge in [0.25, 0.3) is 0 Å². The lowest BCUT2D eigenvalue weighted by Crippen LogP contribution is -2.36. The zero-order valence-corrected chi connectivity index (χ0v) is 12.2. The van der Waals surface area contributed by atoms with Crippen LogP contribution in [0.1, 0.15) is 60.8 Å². The number of carbonyl (C=O) groups is 1. The maximum Gasteiger partial charge on any atom is 0.309 e. The van der Waals surface area contributed by atoms with Crippen molar-refractivity contribution in [2.75, 3.05) is 0 Å². The van der Waals surface area contributed by atoms with Crippen molar-refractivity contribution in [2.45, 2.75) is 66.4 Å². The van der Waals surface area contributed by atoms with Crippen molar-refractivity contribution in [3.63, 3.8) is 0 Å². The predicted molar refractivity (Wildman–Crippen MR) is 70.7 cm³/mol. The first-order valence-corrected chi connectivity index (χ1v) is 6.97. The van der Waals surface area contributed by atoms with Gasteiger partial charge in [-0.2, -0.15) is 0 Å². The number of rotatable bonds is 2. The largest absolute Gasteiger partial charge is 0.460 e. The highest BCUT2D eigenvalue weighted by molar-refractivity contribution is 5.73. The molecular formula is C15H28O2. The molecule has 1 aliphatic rings. The molecule has 1 fully saturated rings. The lowest BCUT2D eigenvalue weighted by atomic mass is 9.68. The van der Waals surface area contributed by atoms with Gasteiger partial charge in [-0.1, -0.05) is 27.2 Å². The molecule has 0 N–H and O–H groups in total. The Kier molecular flexibility index (Phi) is 4.62. The smallest absolute Gasteiger partial charge is 0.309 e. The molecule has 2 nitrogen and oxygen atoms in total. The summed E-state index contributed by atoms with van der Waals surface area (Å²) in [5.41, 5.74) is -0.356. The predicted octanol–water partition coefficient (Wildman–Crippen LogP) is 4.04. The van der Waals surface area contributed by atoms with Crippen molar-refractivity contribution in [2.24, 2.45) is 23.7 Å². The van der Waals surface area contributed by atoms with Crippen molar-refractivity contribution in [1.29, 1.82) is 0 Å². The molecule has 0 aromatic carbocycles. The van der Waals surface area contributed by atoms with Gasteiger partial charge in [0.1, 0.15) is 5.60 Å². The molecule has 0 aromatic rings. The summed E-state index contributed by atoms with van der Waals surface area (Å²) in [4.78, 5) is 12.1. The molecule has 0 bridgehead atoms. The minimum atomic E-state index is -0.356. The molecule has 0 spiro atoms. The highest BCUT2D eigenvalue weighted by Crippen LogP contribution is 2.40. The molecule has 0 radical (unpaired) electrons. The Morgan fingerprint density at radius 3 is 2.29 bits per heavy atom. The van der Waals surface area contributed by atoms with Gasteiger partial charge in [0.2, 0.25) is 0 Å². The summed E-state index contributed by atoms with van der Waals surface area (Å²) in [7, 11) is 0. The Balaban J connectivity index is 2.63. The molecule has 4 unspecified atom stereocenters. The molecule has 17 heavy (non-hydrogen) atoms. The first-order chi connectivity index (χ1) is 7.74. The van der Waals surface area contributed by atoms with Crippen molar-refractivity contribution in [1.82, 2.24) is 0 Å². The number of ether oxygens (including phenoxy) is 1. The third-order valence-corrected chi connectivity index (χ3v) is 4.15. The Hall–Kier alpha value is -0.530. The van der Waals surface area contributed by atoms with Gasteiger partial charge in [-0.25, -0.2) is 0 Å². The normalized spacial score (nSPS) is 34.5. The fourth-order valence-electron chi connectivity index (χ4n) is 2.92. The van der Waals surface area contributed by atoms with E-state index >= 15 is 0 Å². The monoisotopic (exact) mass is 240 g/mol. The van der Waals surface area contributed by atoms with Crippen LogP contribution in [0.4, 0.5) is 0 Å². The molecule has 2 heteroatoms. The van der Waals surface area contributed by atoms with Crippen LogP contribution in [0.2, 0.25) is 0 Å². The third kappa shape index (κ3) is 4.01. The van der Waals surface area contributed by atoms with E-state index in [1.807, 2.05) is 20.8 Å². The van der Waals surface area contributed by atoms with Crippen molar-refractivity contribution in [3.05, 3.63) is 0 Å². The highest BCUT2D eigenvalue weighted by Gasteiger charge is 2.36. The van der Waals surface area contributed by atoms with E-state index in [1.54, 1.807) is 0 Å². The van der Waals surface area contributed by atoms with Crippen molar-refractivity contribution < 1.29 is 9.53 Å². The summed E-state index contributed by atoms with van der Waals surface area (Å²) in [6, 6.07) is 0. The number of hydrogen-bond donors (Lipinski definition) is 0. The Morgan fingerprint density at radius 1 is 1.24 bits per heavy atom. The molecule has 1 rings (SSSR count). The summed E-state index contributed by atoms with van der Waals surface area (Å²) < 4.78 is 5.51. The van der Waals surface area contributed by atoms with E-state index in [1.165, 1.54) is 6.42 Å². The maximum absolute atomic E-state index is 12.1. The standard InChI is InChI=1S/C15H28O2/c1-7-12-9-13(8-10(2)11(12)3)14(16)17-15(4,5)6/h10-13H,7-9H2,1-6H3. The molecule has 1 aliphatic carbocycles. The lowest BCUT2D eigenvalue weighted by Gasteiger charge is -2.38. The zero-order valence-electron chi connectivity index (χ0n) is 12.2. The van der Waals surface area contributed by atoms with E-state index in [2.05, 4.69) is 20.8 Å². The number of hydrogen-bond acceptors (Lipinski definition) is 2. The van der Waals surface area contributed by atoms with Crippen LogP contribution in [0.5, 0.6) is 0 Å². The molecule has 4 atom stereocenters. The van der Waals surface area contributed by atoms with Gasteiger partial charge in [-0.15, -0.1) is 0 Å². The zero-order chi connectivity index (χ0) is 13.2. The van der Waals surface area contributed by atoms with Gasteiger partial charge >= 0.3 is 5.97 Å². The molecule has 0 aromatic heterocycles. The number of carbonyl (C=O) groups excluding carboxylic acids is 1. The van der Waals surface area contributed by atoms with Crippen LogP contribution in [-0.4, -0.2) is 11.6 Å². The topological polar surface area (TPSA) is 26.3 Å². The molecule has 100 valence electrons. The van der Waals surface area contributed by atoms with Crippen LogP contribution in [-0.2, 0) is 9.53 Å². The first-order valence-electron chi connectivity index (χ1n) is 6.97. The van der Waals surface area contributed by atoms with E-state index in [0.717, 1.165) is 18.8 Å². The summed E-state index contributed by atoms with van der Waals surface area (Å²) in [6.45, 7) is 12.6. The van der Waals surface area contributed by atoms with Crippen LogP contribution in [0.25, 0.3) is 0 Å². The molecule has 0 saturated heterocycles. The van der Waals surface area contributed by atoms with Crippen LogP contribution in [0.3, 0.4) is 0 Å². The average Bonchev–Trinajstić information content (AvgIpc) is 2.19. The molecule has 0 heterocycles. The second-order valence-corrected chi connectivity index (χ2v) is 6.71. The maximum atomic E-state index is 12.1. The first kappa shape index (κ1) is 14.5. The van der Waals surface area contributed by atoms with Crippen LogP contribution in [0, 0.1) is 23.7 Å². The van der Waals surface area contributed by atoms with Gasteiger partial charge in [0.05, 0.1) is 5.92 Å². The van der Waals surface area contributed by atoms with E-state index < -0.39 is 0 Å². The SMILES string of the molecule is CCC1CC(C(=O)OC(C)(C)C)CC(C)C1C. The summed E-state index contributed by atoms with van der Waals surface area (Å²) in [5.74, 6) is 2.17. The van der Waals surface area contributed by atoms with E-state index in [9.17, 15) is 4.79 Å². The van der Waals surface area contributed by atoms with Crippen molar-refractivity contribution in [3.8, 4) is 0 Å². The van der Waals surface area contributed by atoms with Gasteiger partial charge in [0.15, 0.2) is 0 Å². The Morgan fingerprint density at radius 2 is 1.82 bits per heavy atom. The summed E-state index contributed by atoms with van der Waals surface area (Å²) >= 11 is 0. The lowest BCUT2D eigenvalue weighted by molar-refractivity contribution is -0.163. The number of esters is 1. The van der Waals surface area contributed by atoms with Gasteiger partial charge in [-0.05, 0) is 51.4 Å². The van der Waals surface area contributed by atoms with Crippen LogP contribution in [0.15, 0.2) is 0 Å². The Bertz CT molecular complexity index is 265. The minimum Gasteiger partial charge on any atom is -0.460 e. The average molecular weight is 240 g/mol. The van der Waals surface area contributed by atoms with Crippen LogP contribution < -0.4 is 0 Å². The second kappa shape index (κ2) is 5.41. The van der Waals surface area contributed by atoms with E-state index in [0.29, 0.717) is 11.8 Å². The molecule has 0 amide bonds. The van der Waals surface area contributed by atoms with Crippen molar-refractivity contribution >= 4 is 5.97 Å². The van der Waals surface area contributed by atoms with Gasteiger partial charge in [-0.3, -0.25) is 4.79 Å². The molecular weight excluding hydrogens is 212 g/mol. The van der Waals surface area contributed by atoms with E-state index in [4.69, 9.17) is 4.74 Å². The molecule has 0 aliphatic heterocycles. The third-order valence-electron chi connectivity index (χ3n) is 4.15. The second-order valence-electron chi connectivity index (χ2n) is 6.71. The fourth-order valence-corrected chi connectivity index (χ4v) is 2.92. The fraction of sp³-hybridized carbons (Fsp3) is 0.933. The summed E-state index contributed by atoms with van der Waals surface area (Å²) in [5, 5.41) is 0. The van der Waals surface area contributed by atoms with Crippen LogP contribution >= 0.6 is 0 Å². The quantitative estimate of drug-likeness (QED) is 0.681. The Labute approximate surface area is 106 Å². The van der Waals surface area contributed by atoms with Gasteiger partial charge in [0, 0.05) is 0 Å². The highest BCUT2D eigenvalue weighted by atomic mass is 16.6. The van der Waals surface area contributed by atoms with Gasteiger partial charge < -0.3 is 4.74 Å².